The highest BCUT2D eigenvalue weighted by Crippen LogP contribution is 1.76. The third kappa shape index (κ3) is 4.15. The standard InChI is InChI=1S/C5H10N2O4/c1-11-5(10)7-2-3(6)4(8)9/h3H,2,6H2,1H3,(H,7,10)(H,8,9)/t3-/m1/s1. The van der Waals surface area contributed by atoms with E-state index in [0.717, 1.165) is 0 Å². The first kappa shape index (κ1) is 9.70. The van der Waals surface area contributed by atoms with Crippen molar-refractivity contribution >= 4 is 12.1 Å². The SMILES string of the molecule is COC(=O)NC[C@@H](N)C(=O)O. The van der Waals surface area contributed by atoms with Gasteiger partial charge >= 0.3 is 12.1 Å². The highest BCUT2D eigenvalue weighted by molar-refractivity contribution is 5.75. The topological polar surface area (TPSA) is 102 Å². The van der Waals surface area contributed by atoms with Crippen LogP contribution in [0.4, 0.5) is 4.79 Å². The van der Waals surface area contributed by atoms with E-state index >= 15 is 0 Å². The maximum Gasteiger partial charge on any atom is 0.406 e. The maximum absolute atomic E-state index is 10.4. The molecular formula is C5H10N2O4. The maximum atomic E-state index is 10.4. The zero-order valence-electron chi connectivity index (χ0n) is 6.03. The molecule has 0 aliphatic rings. The van der Waals surface area contributed by atoms with E-state index in [1.165, 1.54) is 7.11 Å². The van der Waals surface area contributed by atoms with Gasteiger partial charge in [-0.05, 0) is 0 Å². The molecule has 0 aromatic rings. The first-order valence-corrected chi connectivity index (χ1v) is 2.88. The van der Waals surface area contributed by atoms with Crippen LogP contribution in [-0.4, -0.2) is 36.9 Å². The van der Waals surface area contributed by atoms with Crippen LogP contribution in [-0.2, 0) is 9.53 Å². The second-order valence-electron chi connectivity index (χ2n) is 1.82. The highest BCUT2D eigenvalue weighted by atomic mass is 16.5. The van der Waals surface area contributed by atoms with Crippen molar-refractivity contribution in [1.82, 2.24) is 5.32 Å². The minimum atomic E-state index is -1.17. The van der Waals surface area contributed by atoms with Crippen molar-refractivity contribution in [2.45, 2.75) is 6.04 Å². The Morgan fingerprint density at radius 2 is 2.27 bits per heavy atom. The van der Waals surface area contributed by atoms with Gasteiger partial charge in [0.2, 0.25) is 0 Å². The van der Waals surface area contributed by atoms with Gasteiger partial charge in [-0.25, -0.2) is 4.79 Å². The minimum absolute atomic E-state index is 0.137. The van der Waals surface area contributed by atoms with Gasteiger partial charge in [-0.2, -0.15) is 0 Å². The normalized spacial score (nSPS) is 11.8. The number of rotatable bonds is 3. The zero-order valence-corrected chi connectivity index (χ0v) is 6.03. The average Bonchev–Trinajstić information content (AvgIpc) is 1.99. The van der Waals surface area contributed by atoms with Gasteiger partial charge in [0.15, 0.2) is 0 Å². The van der Waals surface area contributed by atoms with Crippen molar-refractivity contribution in [3.8, 4) is 0 Å². The van der Waals surface area contributed by atoms with E-state index in [0.29, 0.717) is 0 Å². The Bertz CT molecular complexity index is 159. The molecule has 0 aliphatic carbocycles. The number of methoxy groups -OCH3 is 1. The largest absolute Gasteiger partial charge is 0.480 e. The quantitative estimate of drug-likeness (QED) is 0.481. The van der Waals surface area contributed by atoms with E-state index in [1.807, 2.05) is 0 Å². The summed E-state index contributed by atoms with van der Waals surface area (Å²) in [5, 5.41) is 10.4. The summed E-state index contributed by atoms with van der Waals surface area (Å²) in [6.07, 6.45) is -0.693. The third-order valence-electron chi connectivity index (χ3n) is 0.969. The van der Waals surface area contributed by atoms with Crippen LogP contribution in [0.1, 0.15) is 0 Å². The molecule has 0 rings (SSSR count). The Morgan fingerprint density at radius 3 is 2.64 bits per heavy atom. The van der Waals surface area contributed by atoms with Crippen LogP contribution < -0.4 is 11.1 Å². The van der Waals surface area contributed by atoms with Crippen molar-refractivity contribution < 1.29 is 19.4 Å². The molecule has 0 aliphatic heterocycles. The molecular weight excluding hydrogens is 152 g/mol. The third-order valence-corrected chi connectivity index (χ3v) is 0.969. The van der Waals surface area contributed by atoms with Gasteiger partial charge in [-0.15, -0.1) is 0 Å². The molecule has 1 amide bonds. The number of hydrogen-bond donors (Lipinski definition) is 3. The van der Waals surface area contributed by atoms with Crippen molar-refractivity contribution in [1.29, 1.82) is 0 Å². The average molecular weight is 162 g/mol. The zero-order chi connectivity index (χ0) is 8.85. The van der Waals surface area contributed by atoms with Crippen molar-refractivity contribution in [2.24, 2.45) is 5.73 Å². The molecule has 64 valence electrons. The summed E-state index contributed by atoms with van der Waals surface area (Å²) in [7, 11) is 1.18. The molecule has 0 aromatic carbocycles. The molecule has 0 aromatic heterocycles. The number of amides is 1. The Hall–Kier alpha value is -1.30. The van der Waals surface area contributed by atoms with Crippen LogP contribution >= 0.6 is 0 Å². The minimum Gasteiger partial charge on any atom is -0.480 e. The summed E-state index contributed by atoms with van der Waals surface area (Å²) >= 11 is 0. The van der Waals surface area contributed by atoms with E-state index in [4.69, 9.17) is 10.8 Å². The van der Waals surface area contributed by atoms with Crippen LogP contribution in [0.15, 0.2) is 0 Å². The Morgan fingerprint density at radius 1 is 1.73 bits per heavy atom. The van der Waals surface area contributed by atoms with Crippen molar-refractivity contribution in [3.63, 3.8) is 0 Å². The van der Waals surface area contributed by atoms with Gasteiger partial charge < -0.3 is 20.9 Å². The van der Waals surface area contributed by atoms with Gasteiger partial charge in [0, 0.05) is 6.54 Å². The van der Waals surface area contributed by atoms with Crippen molar-refractivity contribution in [2.75, 3.05) is 13.7 Å². The highest BCUT2D eigenvalue weighted by Gasteiger charge is 2.11. The summed E-state index contributed by atoms with van der Waals surface area (Å²) in [5.74, 6) is -1.17. The lowest BCUT2D eigenvalue weighted by molar-refractivity contribution is -0.138. The van der Waals surface area contributed by atoms with Gasteiger partial charge in [0.1, 0.15) is 6.04 Å². The number of aliphatic carboxylic acids is 1. The lowest BCUT2D eigenvalue weighted by Crippen LogP contribution is -2.42. The summed E-state index contributed by atoms with van der Waals surface area (Å²) in [5.41, 5.74) is 5.05. The fraction of sp³-hybridized carbons (Fsp3) is 0.600. The fourth-order valence-electron chi connectivity index (χ4n) is 0.353. The molecule has 0 saturated carbocycles. The van der Waals surface area contributed by atoms with Crippen LogP contribution in [0.2, 0.25) is 0 Å². The Balaban J connectivity index is 3.54. The summed E-state index contributed by atoms with van der Waals surface area (Å²) in [4.78, 5) is 20.4. The molecule has 11 heavy (non-hydrogen) atoms. The predicted octanol–water partition coefficient (Wildman–Crippen LogP) is -1.25. The molecule has 0 unspecified atom stereocenters. The monoisotopic (exact) mass is 162 g/mol. The second-order valence-corrected chi connectivity index (χ2v) is 1.82. The summed E-state index contributed by atoms with van der Waals surface area (Å²) in [6.45, 7) is -0.137. The number of hydrogen-bond acceptors (Lipinski definition) is 4. The van der Waals surface area contributed by atoms with Gasteiger partial charge in [-0.1, -0.05) is 0 Å². The lowest BCUT2D eigenvalue weighted by atomic mass is 10.3. The fourth-order valence-corrected chi connectivity index (χ4v) is 0.353. The number of alkyl carbamates (subject to hydrolysis) is 1. The number of carbonyl (C=O) groups is 2. The molecule has 6 nitrogen and oxygen atoms in total. The van der Waals surface area contributed by atoms with E-state index < -0.39 is 18.1 Å². The smallest absolute Gasteiger partial charge is 0.406 e. The van der Waals surface area contributed by atoms with Crippen molar-refractivity contribution in [3.05, 3.63) is 0 Å². The second kappa shape index (κ2) is 4.51. The molecule has 0 heterocycles. The number of nitrogens with two attached hydrogens (primary N) is 1. The van der Waals surface area contributed by atoms with Gasteiger partial charge in [0.25, 0.3) is 0 Å². The Labute approximate surface area is 63.3 Å². The van der Waals surface area contributed by atoms with E-state index in [9.17, 15) is 9.59 Å². The summed E-state index contributed by atoms with van der Waals surface area (Å²) in [6, 6.07) is -1.09. The Kier molecular flexibility index (Phi) is 3.97. The number of carboxylic acid groups (broad SMARTS) is 1. The number of ether oxygens (including phenoxy) is 1. The lowest BCUT2D eigenvalue weighted by Gasteiger charge is -2.06. The van der Waals surface area contributed by atoms with E-state index in [-0.39, 0.29) is 6.54 Å². The molecule has 0 spiro atoms. The van der Waals surface area contributed by atoms with E-state index in [2.05, 4.69) is 10.1 Å². The molecule has 0 fully saturated rings. The molecule has 0 radical (unpaired) electrons. The first-order chi connectivity index (χ1) is 5.07. The van der Waals surface area contributed by atoms with Crippen LogP contribution in [0.3, 0.4) is 0 Å². The number of carbonyl (C=O) groups excluding carboxylic acids is 1. The molecule has 4 N–H and O–H groups in total. The van der Waals surface area contributed by atoms with Crippen LogP contribution in [0.5, 0.6) is 0 Å². The summed E-state index contributed by atoms with van der Waals surface area (Å²) < 4.78 is 4.18. The van der Waals surface area contributed by atoms with Gasteiger partial charge in [0.05, 0.1) is 7.11 Å². The van der Waals surface area contributed by atoms with E-state index in [1.54, 1.807) is 0 Å². The van der Waals surface area contributed by atoms with Crippen LogP contribution in [0, 0.1) is 0 Å². The number of carboxylic acids is 1. The molecule has 6 heteroatoms. The first-order valence-electron chi connectivity index (χ1n) is 2.88. The predicted molar refractivity (Wildman–Crippen MR) is 36.0 cm³/mol. The number of nitrogens with one attached hydrogen (secondary N) is 1. The van der Waals surface area contributed by atoms with Crippen LogP contribution in [0.25, 0.3) is 0 Å². The van der Waals surface area contributed by atoms with Gasteiger partial charge in [-0.3, -0.25) is 4.79 Å². The molecule has 1 atom stereocenters. The molecule has 0 bridgehead atoms. The molecule has 0 saturated heterocycles.